The van der Waals surface area contributed by atoms with Crippen LogP contribution in [0.25, 0.3) is 4.65 Å². The van der Waals surface area contributed by atoms with Crippen molar-refractivity contribution in [2.24, 2.45) is 23.7 Å². The number of rotatable bonds is 9. The zero-order chi connectivity index (χ0) is 46.2. The van der Waals surface area contributed by atoms with Crippen LogP contribution in [0, 0.1) is 23.7 Å². The Balaban J connectivity index is 0. The number of Topliss-reactive ketones (excluding diaryl/α,β-unsaturated/α-hetero) is 1. The van der Waals surface area contributed by atoms with Crippen molar-refractivity contribution in [3.8, 4) is 0 Å². The van der Waals surface area contributed by atoms with Crippen molar-refractivity contribution in [1.82, 2.24) is 10.2 Å². The SMILES string of the molecule is C.C.C.C.C[Si](C)(C)[N-][Si](C)(C)C.O=C(C[C@H]1CCCCCC[C@H]1C(=O)N1C(=O)[C@@H]2CCCCCC[C@@H]21)c1ccc(CCl)cc1.O=C(Cl)c1ccc(CCl)cc1.O=C1N[C@H]2CCCCCC[C@@H]12.[Li+]. The second kappa shape index (κ2) is 33.8. The van der Waals surface area contributed by atoms with Crippen LogP contribution in [0.4, 0.5) is 0 Å². The molecule has 8 nitrogen and oxygen atoms in total. The minimum absolute atomic E-state index is 0. The largest absolute Gasteiger partial charge is 1.00 e. The molecule has 68 heavy (non-hydrogen) atoms. The quantitative estimate of drug-likeness (QED) is 0.0671. The number of hydrogen-bond donors (Lipinski definition) is 1. The minimum Gasteiger partial charge on any atom is -0.668 e. The Kier molecular flexibility index (Phi) is 34.0. The monoisotopic (exact) mass is 1030 g/mol. The molecule has 5 fully saturated rings. The molecule has 14 heteroatoms. The molecule has 2 aromatic carbocycles. The molecule has 3 amide bonds. The van der Waals surface area contributed by atoms with Crippen molar-refractivity contribution >= 4 is 80.0 Å². The van der Waals surface area contributed by atoms with Gasteiger partial charge >= 0.3 is 18.9 Å². The molecular formula is C54H91Cl3LiN3O5Si2. The molecule has 382 valence electrons. The standard InChI is InChI=1S/C27H36ClNO3.C9H15NO.C8H6Cl2O.C6H18NSi2.4CH4.Li/c28-18-19-13-15-20(16-14-19)25(30)17-21-9-5-1-2-6-10-22(21)26(31)29-24-12-8-4-3-7-11-23(24)27(29)32;11-9-7-5-3-1-2-4-6-8(7)10-9;9-5-6-1-3-7(4-2-6)8(10)11;1-8(2,3)7-9(4,5)6;;;;;/h13-16,21-24H,1-12,17-18H2;7-8H,1-6H2,(H,10,11);1-4H,5H2;1-6H3;4*1H4;/q;;;-1;;;;;+1/t21-,22-,23-,24+;7-,8+;;;;;;;/m11......./s1. The van der Waals surface area contributed by atoms with E-state index in [9.17, 15) is 24.0 Å². The van der Waals surface area contributed by atoms with Crippen molar-refractivity contribution in [3.05, 3.63) is 75.4 Å². The van der Waals surface area contributed by atoms with Crippen LogP contribution in [0.5, 0.6) is 0 Å². The topological polar surface area (TPSA) is 115 Å². The normalized spacial score (nSPS) is 23.2. The number of β-lactam (4-membered cyclic amide) rings is 2. The first-order valence-corrected chi connectivity index (χ1v) is 32.2. The maximum atomic E-state index is 13.7. The van der Waals surface area contributed by atoms with Crippen LogP contribution in [0.2, 0.25) is 39.3 Å². The third kappa shape index (κ3) is 22.3. The van der Waals surface area contributed by atoms with Crippen LogP contribution in [-0.2, 0) is 26.1 Å². The van der Waals surface area contributed by atoms with Gasteiger partial charge in [0.1, 0.15) is 0 Å². The smallest absolute Gasteiger partial charge is 0.668 e. The maximum absolute atomic E-state index is 13.7. The Hall–Kier alpha value is -1.75. The van der Waals surface area contributed by atoms with E-state index in [0.29, 0.717) is 47.2 Å². The van der Waals surface area contributed by atoms with E-state index in [1.165, 1.54) is 44.9 Å². The Morgan fingerprint density at radius 2 is 1.03 bits per heavy atom. The fourth-order valence-electron chi connectivity index (χ4n) is 9.93. The van der Waals surface area contributed by atoms with Crippen molar-refractivity contribution in [1.29, 1.82) is 0 Å². The fourth-order valence-corrected chi connectivity index (χ4v) is 18.5. The van der Waals surface area contributed by atoms with Crippen LogP contribution in [-0.4, -0.2) is 62.2 Å². The Bertz CT molecular complexity index is 1780. The van der Waals surface area contributed by atoms with Crippen molar-refractivity contribution in [3.63, 3.8) is 0 Å². The number of fused-ring (bicyclic) bond motifs is 2. The summed E-state index contributed by atoms with van der Waals surface area (Å²) >= 11 is 16.6. The van der Waals surface area contributed by atoms with Crippen molar-refractivity contribution < 1.29 is 42.8 Å². The van der Waals surface area contributed by atoms with Crippen LogP contribution in [0.15, 0.2) is 48.5 Å². The molecule has 2 aromatic rings. The van der Waals surface area contributed by atoms with Gasteiger partial charge in [-0.1, -0.05) is 199 Å². The predicted molar refractivity (Wildman–Crippen MR) is 293 cm³/mol. The van der Waals surface area contributed by atoms with Gasteiger partial charge < -0.3 is 9.96 Å². The molecule has 0 unspecified atom stereocenters. The molecule has 7 rings (SSSR count). The number of hydrogen-bond acceptors (Lipinski definition) is 5. The van der Waals surface area contributed by atoms with Crippen LogP contribution >= 0.6 is 34.8 Å². The number of ketones is 1. The molecule has 6 atom stereocenters. The Morgan fingerprint density at radius 3 is 1.47 bits per heavy atom. The second-order valence-corrected chi connectivity index (χ2v) is 30.8. The van der Waals surface area contributed by atoms with Crippen LogP contribution in [0.1, 0.15) is 184 Å². The number of likely N-dealkylation sites (tertiary alicyclic amines) is 1. The van der Waals surface area contributed by atoms with Gasteiger partial charge in [0.05, 0.1) is 17.9 Å². The van der Waals surface area contributed by atoms with Gasteiger partial charge in [-0.15, -0.1) is 23.2 Å². The number of imide groups is 1. The average Bonchev–Trinajstić information content (AvgIpc) is 3.20. The minimum atomic E-state index is -1.11. The van der Waals surface area contributed by atoms with E-state index in [1.54, 1.807) is 29.2 Å². The molecule has 0 bridgehead atoms. The number of halogens is 3. The number of alkyl halides is 2. The van der Waals surface area contributed by atoms with Gasteiger partial charge in [0.15, 0.2) is 5.78 Å². The second-order valence-electron chi connectivity index (χ2n) is 20.3. The van der Waals surface area contributed by atoms with Gasteiger partial charge in [-0.3, -0.25) is 28.9 Å². The molecule has 0 aromatic heterocycles. The van der Waals surface area contributed by atoms with Gasteiger partial charge in [-0.05, 0) is 79.3 Å². The van der Waals surface area contributed by atoms with E-state index in [4.69, 9.17) is 39.5 Å². The first-order valence-electron chi connectivity index (χ1n) is 23.9. The number of amides is 3. The fraction of sp³-hybridized carbons (Fsp3) is 0.685. The zero-order valence-corrected chi connectivity index (χ0v) is 44.3. The Labute approximate surface area is 444 Å². The van der Waals surface area contributed by atoms with Gasteiger partial charge in [0.2, 0.25) is 17.7 Å². The van der Waals surface area contributed by atoms with Crippen molar-refractivity contribution in [2.75, 3.05) is 0 Å². The molecule has 0 spiro atoms. The third-order valence-corrected chi connectivity index (χ3v) is 19.1. The van der Waals surface area contributed by atoms with Crippen molar-refractivity contribution in [2.45, 2.75) is 215 Å². The zero-order valence-electron chi connectivity index (χ0n) is 40.0. The van der Waals surface area contributed by atoms with E-state index < -0.39 is 21.7 Å². The molecule has 3 aliphatic carbocycles. The summed E-state index contributed by atoms with van der Waals surface area (Å²) in [7, 11) is -2.21. The summed E-state index contributed by atoms with van der Waals surface area (Å²) in [5.41, 5.74) is 3.16. The summed E-state index contributed by atoms with van der Waals surface area (Å²) in [6, 6.07) is 15.0. The predicted octanol–water partition coefficient (Wildman–Crippen LogP) is 13.1. The van der Waals surface area contributed by atoms with Gasteiger partial charge in [-0.2, -0.15) is 0 Å². The van der Waals surface area contributed by atoms with E-state index in [0.717, 1.165) is 81.8 Å². The van der Waals surface area contributed by atoms with E-state index >= 15 is 0 Å². The number of carbonyl (C=O) groups is 5. The maximum Gasteiger partial charge on any atom is 1.00 e. The van der Waals surface area contributed by atoms with E-state index in [-0.39, 0.29) is 90.0 Å². The van der Waals surface area contributed by atoms with E-state index in [2.05, 4.69) is 44.6 Å². The summed E-state index contributed by atoms with van der Waals surface area (Å²) in [4.78, 5) is 62.9. The number of benzene rings is 2. The van der Waals surface area contributed by atoms with E-state index in [1.807, 2.05) is 24.3 Å². The summed E-state index contributed by atoms with van der Waals surface area (Å²) in [5.74, 6) is 1.57. The number of carbonyl (C=O) groups excluding carboxylic acids is 5. The molecule has 1 N–H and O–H groups in total. The molecule has 2 saturated heterocycles. The molecule has 2 heterocycles. The summed E-state index contributed by atoms with van der Waals surface area (Å²) in [5, 5.41) is 2.53. The number of nitrogens with one attached hydrogen (secondary N) is 1. The Morgan fingerprint density at radius 1 is 0.603 bits per heavy atom. The molecule has 5 aliphatic rings. The molecule has 2 aliphatic heterocycles. The van der Waals surface area contributed by atoms with Gasteiger partial charge in [0, 0.05) is 41.3 Å². The molecule has 3 saturated carbocycles. The van der Waals surface area contributed by atoms with Gasteiger partial charge in [0.25, 0.3) is 5.24 Å². The first kappa shape index (κ1) is 68.3. The summed E-state index contributed by atoms with van der Waals surface area (Å²) < 4.78 is 4.82. The third-order valence-electron chi connectivity index (χ3n) is 12.9. The average molecular weight is 1030 g/mol. The molecule has 0 radical (unpaired) electrons. The number of nitrogens with zero attached hydrogens (tertiary/aromatic N) is 2. The van der Waals surface area contributed by atoms with Gasteiger partial charge in [-0.25, -0.2) is 0 Å². The summed E-state index contributed by atoms with van der Waals surface area (Å²) in [6.07, 6.45) is 20.5. The van der Waals surface area contributed by atoms with Crippen LogP contribution < -0.4 is 24.2 Å². The molecular weight excluding hydrogens is 940 g/mol. The first-order chi connectivity index (χ1) is 29.9. The summed E-state index contributed by atoms with van der Waals surface area (Å²) in [6.45, 7) is 13.8. The van der Waals surface area contributed by atoms with Crippen LogP contribution in [0.3, 0.4) is 0 Å².